The highest BCUT2D eigenvalue weighted by atomic mass is 16.7. The Balaban J connectivity index is 2.42. The van der Waals surface area contributed by atoms with Crippen molar-refractivity contribution in [2.24, 2.45) is 0 Å². The summed E-state index contributed by atoms with van der Waals surface area (Å²) in [6.07, 6.45) is 0. The lowest BCUT2D eigenvalue weighted by Gasteiger charge is -2.00. The number of amides is 1. The van der Waals surface area contributed by atoms with Gasteiger partial charge in [-0.05, 0) is 0 Å². The largest absolute Gasteiger partial charge is 0.466 e. The Hall–Kier alpha value is -0.610. The first-order valence-electron chi connectivity index (χ1n) is 2.39. The van der Waals surface area contributed by atoms with Gasteiger partial charge >= 0.3 is 5.91 Å². The van der Waals surface area contributed by atoms with E-state index >= 15 is 0 Å². The van der Waals surface area contributed by atoms with Crippen molar-refractivity contribution in [2.75, 3.05) is 6.61 Å². The number of nitrogens with two attached hydrogens (primary N) is 1. The van der Waals surface area contributed by atoms with Gasteiger partial charge in [-0.1, -0.05) is 0 Å². The molecule has 1 fully saturated rings. The summed E-state index contributed by atoms with van der Waals surface area (Å²) in [6, 6.07) is -0.144. The van der Waals surface area contributed by atoms with Gasteiger partial charge in [-0.2, -0.15) is 7.05 Å². The predicted molar refractivity (Wildman–Crippen MR) is 25.2 cm³/mol. The maximum Gasteiger partial charge on any atom is 0.301 e. The van der Waals surface area contributed by atoms with Crippen molar-refractivity contribution in [3.05, 3.63) is 7.05 Å². The molecule has 0 aromatic rings. The summed E-state index contributed by atoms with van der Waals surface area (Å²) in [7, 11) is 3.45. The van der Waals surface area contributed by atoms with Crippen molar-refractivity contribution < 1.29 is 14.9 Å². The molecule has 0 aromatic carbocycles. The van der Waals surface area contributed by atoms with Crippen LogP contribution in [0.15, 0.2) is 0 Å². The number of carbonyl (C=O) groups excluding carboxylic acids is 1. The van der Waals surface area contributed by atoms with Crippen LogP contribution in [0.5, 0.6) is 0 Å². The number of nitrogens with one attached hydrogen (secondary N) is 1. The fourth-order valence-electron chi connectivity index (χ4n) is 0.529. The van der Waals surface area contributed by atoms with Gasteiger partial charge in [0, 0.05) is 0 Å². The van der Waals surface area contributed by atoms with Crippen molar-refractivity contribution in [1.82, 2.24) is 5.48 Å². The van der Waals surface area contributed by atoms with Crippen LogP contribution in [0.2, 0.25) is 0 Å². The van der Waals surface area contributed by atoms with Crippen molar-refractivity contribution in [2.45, 2.75) is 6.04 Å². The molecule has 1 saturated heterocycles. The molecule has 8 heavy (non-hydrogen) atoms. The van der Waals surface area contributed by atoms with E-state index in [1.165, 1.54) is 0 Å². The molecule has 1 amide bonds. The van der Waals surface area contributed by atoms with Crippen LogP contribution in [0.1, 0.15) is 0 Å². The lowest BCUT2D eigenvalue weighted by atomic mass is 10.3. The lowest BCUT2D eigenvalue weighted by molar-refractivity contribution is -0.618. The zero-order valence-electron chi connectivity index (χ0n) is 4.39. The van der Waals surface area contributed by atoms with E-state index in [0.717, 1.165) is 0 Å². The Labute approximate surface area is 47.2 Å². The second-order valence-electron chi connectivity index (χ2n) is 1.62. The first kappa shape index (κ1) is 5.53. The van der Waals surface area contributed by atoms with Gasteiger partial charge in [0.15, 0.2) is 6.04 Å². The molecule has 0 radical (unpaired) electrons. The SMILES string of the molecule is [CH2-][NH2+]C1CONC1=O. The molecule has 0 spiro atoms. The third-order valence-electron chi connectivity index (χ3n) is 1.06. The maximum atomic E-state index is 10.5. The minimum atomic E-state index is -0.144. The van der Waals surface area contributed by atoms with E-state index in [2.05, 4.69) is 17.4 Å². The van der Waals surface area contributed by atoms with E-state index in [4.69, 9.17) is 0 Å². The van der Waals surface area contributed by atoms with Gasteiger partial charge in [-0.15, -0.1) is 0 Å². The number of hydroxylamine groups is 1. The molecule has 4 nitrogen and oxygen atoms in total. The zero-order chi connectivity index (χ0) is 5.98. The second kappa shape index (κ2) is 2.11. The molecular formula is C4H8N2O2. The molecule has 4 heteroatoms. The van der Waals surface area contributed by atoms with E-state index in [1.54, 1.807) is 5.32 Å². The molecule has 0 bridgehead atoms. The number of quaternary nitrogens is 1. The summed E-state index contributed by atoms with van der Waals surface area (Å²) in [5.74, 6) is -0.0972. The maximum absolute atomic E-state index is 10.5. The predicted octanol–water partition coefficient (Wildman–Crippen LogP) is -2.23. The molecule has 0 aliphatic carbocycles. The van der Waals surface area contributed by atoms with Crippen LogP contribution in [0, 0.1) is 7.05 Å². The fourth-order valence-corrected chi connectivity index (χ4v) is 0.529. The summed E-state index contributed by atoms with van der Waals surface area (Å²) < 4.78 is 0. The molecule has 1 aliphatic rings. The topological polar surface area (TPSA) is 54.9 Å². The van der Waals surface area contributed by atoms with Gasteiger partial charge in [-0.3, -0.25) is 9.63 Å². The van der Waals surface area contributed by atoms with Crippen LogP contribution >= 0.6 is 0 Å². The van der Waals surface area contributed by atoms with E-state index < -0.39 is 0 Å². The minimum Gasteiger partial charge on any atom is -0.466 e. The molecule has 1 heterocycles. The number of rotatable bonds is 1. The first-order valence-corrected chi connectivity index (χ1v) is 2.39. The zero-order valence-corrected chi connectivity index (χ0v) is 4.39. The number of hydrogen-bond acceptors (Lipinski definition) is 2. The first-order chi connectivity index (χ1) is 3.84. The molecular weight excluding hydrogens is 108 g/mol. The summed E-state index contributed by atoms with van der Waals surface area (Å²) in [4.78, 5) is 15.1. The van der Waals surface area contributed by atoms with Crippen LogP contribution in [0.25, 0.3) is 0 Å². The van der Waals surface area contributed by atoms with Crippen molar-refractivity contribution in [1.29, 1.82) is 0 Å². The van der Waals surface area contributed by atoms with E-state index in [9.17, 15) is 4.79 Å². The van der Waals surface area contributed by atoms with E-state index in [-0.39, 0.29) is 11.9 Å². The van der Waals surface area contributed by atoms with Gasteiger partial charge in [0.05, 0.1) is 0 Å². The quantitative estimate of drug-likeness (QED) is 0.381. The lowest BCUT2D eigenvalue weighted by Crippen LogP contribution is -2.86. The molecule has 1 unspecified atom stereocenters. The van der Waals surface area contributed by atoms with Crippen LogP contribution in [-0.2, 0) is 9.63 Å². The summed E-state index contributed by atoms with van der Waals surface area (Å²) >= 11 is 0. The van der Waals surface area contributed by atoms with Crippen molar-refractivity contribution in [3.63, 3.8) is 0 Å². The third kappa shape index (κ3) is 0.801. The van der Waals surface area contributed by atoms with Crippen LogP contribution in [0.4, 0.5) is 0 Å². The highest BCUT2D eigenvalue weighted by Gasteiger charge is 2.24. The Kier molecular flexibility index (Phi) is 1.45. The summed E-state index contributed by atoms with van der Waals surface area (Å²) in [5, 5.41) is 1.57. The number of hydrogen-bond donors (Lipinski definition) is 2. The van der Waals surface area contributed by atoms with Crippen molar-refractivity contribution >= 4 is 5.91 Å². The molecule has 46 valence electrons. The molecule has 1 atom stereocenters. The van der Waals surface area contributed by atoms with E-state index in [1.807, 2.05) is 0 Å². The second-order valence-corrected chi connectivity index (χ2v) is 1.62. The minimum absolute atomic E-state index is 0.0972. The monoisotopic (exact) mass is 116 g/mol. The molecule has 3 N–H and O–H groups in total. The molecule has 1 aliphatic heterocycles. The van der Waals surface area contributed by atoms with Gasteiger partial charge < -0.3 is 5.32 Å². The third-order valence-corrected chi connectivity index (χ3v) is 1.06. The Morgan fingerprint density at radius 3 is 3.00 bits per heavy atom. The average Bonchev–Trinajstić information content (AvgIpc) is 2.14. The highest BCUT2D eigenvalue weighted by molar-refractivity contribution is 5.80. The van der Waals surface area contributed by atoms with E-state index in [0.29, 0.717) is 6.61 Å². The molecule has 0 aromatic heterocycles. The Morgan fingerprint density at radius 1 is 2.00 bits per heavy atom. The standard InChI is InChI=1S/C4H8N2O2/c1-5-3-2-8-6-4(3)7/h3H,1-2,5H2,(H,6,7). The molecule has 0 saturated carbocycles. The smallest absolute Gasteiger partial charge is 0.301 e. The normalized spacial score (nSPS) is 28.1. The Morgan fingerprint density at radius 2 is 2.75 bits per heavy atom. The van der Waals surface area contributed by atoms with Crippen LogP contribution in [-0.4, -0.2) is 18.6 Å². The van der Waals surface area contributed by atoms with Gasteiger partial charge in [0.25, 0.3) is 0 Å². The summed E-state index contributed by atoms with van der Waals surface area (Å²) in [6.45, 7) is 0.419. The molecule has 1 rings (SSSR count). The fraction of sp³-hybridized carbons (Fsp3) is 0.500. The Bertz CT molecular complexity index is 104. The van der Waals surface area contributed by atoms with Crippen LogP contribution < -0.4 is 10.8 Å². The highest BCUT2D eigenvalue weighted by Crippen LogP contribution is 1.86. The number of carbonyl (C=O) groups is 1. The average molecular weight is 116 g/mol. The van der Waals surface area contributed by atoms with Crippen LogP contribution in [0.3, 0.4) is 0 Å². The summed E-state index contributed by atoms with van der Waals surface area (Å²) in [5.41, 5.74) is 2.21. The van der Waals surface area contributed by atoms with Crippen molar-refractivity contribution in [3.8, 4) is 0 Å². The van der Waals surface area contributed by atoms with Gasteiger partial charge in [0.2, 0.25) is 0 Å². The van der Waals surface area contributed by atoms with Gasteiger partial charge in [-0.25, -0.2) is 5.48 Å². The van der Waals surface area contributed by atoms with Gasteiger partial charge in [0.1, 0.15) is 6.61 Å².